The Hall–Kier alpha value is -0.760. The standard InChI is InChI=1S/C8H10ClNO/c1-11-8-4-2-3-7(10-8)5-6-9/h2-4H,5-6H2,1H3. The minimum Gasteiger partial charge on any atom is -0.481 e. The third-order valence-corrected chi connectivity index (χ3v) is 1.53. The zero-order valence-electron chi connectivity index (χ0n) is 6.38. The molecule has 2 nitrogen and oxygen atoms in total. The van der Waals surface area contributed by atoms with E-state index in [1.807, 2.05) is 18.2 Å². The van der Waals surface area contributed by atoms with E-state index in [1.165, 1.54) is 0 Å². The summed E-state index contributed by atoms with van der Waals surface area (Å²) in [7, 11) is 1.60. The van der Waals surface area contributed by atoms with Gasteiger partial charge in [0.2, 0.25) is 5.88 Å². The van der Waals surface area contributed by atoms with Gasteiger partial charge in [-0.15, -0.1) is 11.6 Å². The molecule has 0 N–H and O–H groups in total. The van der Waals surface area contributed by atoms with Crippen LogP contribution in [0.1, 0.15) is 5.69 Å². The fourth-order valence-corrected chi connectivity index (χ4v) is 1.00. The lowest BCUT2D eigenvalue weighted by Gasteiger charge is -2.00. The van der Waals surface area contributed by atoms with E-state index in [0.29, 0.717) is 11.8 Å². The molecule has 60 valence electrons. The van der Waals surface area contributed by atoms with Gasteiger partial charge < -0.3 is 4.74 Å². The molecule has 0 aliphatic rings. The van der Waals surface area contributed by atoms with Crippen molar-refractivity contribution in [3.63, 3.8) is 0 Å². The first-order valence-electron chi connectivity index (χ1n) is 3.42. The van der Waals surface area contributed by atoms with E-state index < -0.39 is 0 Å². The summed E-state index contributed by atoms with van der Waals surface area (Å²) in [6.07, 6.45) is 0.790. The Bertz CT molecular complexity index is 227. The molecular weight excluding hydrogens is 162 g/mol. The van der Waals surface area contributed by atoms with Gasteiger partial charge in [0.15, 0.2) is 0 Å². The summed E-state index contributed by atoms with van der Waals surface area (Å²) >= 11 is 5.55. The molecule has 0 amide bonds. The maximum atomic E-state index is 5.55. The molecule has 0 bridgehead atoms. The predicted molar refractivity (Wildman–Crippen MR) is 45.2 cm³/mol. The van der Waals surface area contributed by atoms with E-state index in [4.69, 9.17) is 16.3 Å². The zero-order chi connectivity index (χ0) is 8.10. The summed E-state index contributed by atoms with van der Waals surface area (Å²) in [5.74, 6) is 1.24. The molecule has 1 aromatic rings. The van der Waals surface area contributed by atoms with Gasteiger partial charge >= 0.3 is 0 Å². The Labute approximate surface area is 71.2 Å². The van der Waals surface area contributed by atoms with Crippen LogP contribution in [0, 0.1) is 0 Å². The molecule has 0 aliphatic heterocycles. The molecular formula is C8H10ClNO. The fraction of sp³-hybridized carbons (Fsp3) is 0.375. The lowest BCUT2D eigenvalue weighted by atomic mass is 10.3. The van der Waals surface area contributed by atoms with Crippen LogP contribution in [0.3, 0.4) is 0 Å². The van der Waals surface area contributed by atoms with Crippen LogP contribution < -0.4 is 4.74 Å². The van der Waals surface area contributed by atoms with Crippen molar-refractivity contribution in [2.45, 2.75) is 6.42 Å². The van der Waals surface area contributed by atoms with E-state index in [1.54, 1.807) is 7.11 Å². The SMILES string of the molecule is COc1cccc(CCCl)n1. The molecule has 1 heterocycles. The lowest BCUT2D eigenvalue weighted by Crippen LogP contribution is -1.93. The second kappa shape index (κ2) is 4.19. The molecule has 0 spiro atoms. The molecule has 0 fully saturated rings. The fourth-order valence-electron chi connectivity index (χ4n) is 0.807. The Morgan fingerprint density at radius 1 is 1.55 bits per heavy atom. The second-order valence-corrected chi connectivity index (χ2v) is 2.49. The molecule has 1 aromatic heterocycles. The molecule has 3 heteroatoms. The van der Waals surface area contributed by atoms with Gasteiger partial charge in [-0.1, -0.05) is 6.07 Å². The summed E-state index contributed by atoms with van der Waals surface area (Å²) in [5, 5.41) is 0. The maximum Gasteiger partial charge on any atom is 0.213 e. The number of ether oxygens (including phenoxy) is 1. The molecule has 0 aromatic carbocycles. The highest BCUT2D eigenvalue weighted by Crippen LogP contribution is 2.06. The molecule has 0 saturated heterocycles. The summed E-state index contributed by atoms with van der Waals surface area (Å²) in [6, 6.07) is 5.66. The van der Waals surface area contributed by atoms with E-state index in [0.717, 1.165) is 12.1 Å². The predicted octanol–water partition coefficient (Wildman–Crippen LogP) is 1.87. The normalized spacial score (nSPS) is 9.64. The smallest absolute Gasteiger partial charge is 0.213 e. The van der Waals surface area contributed by atoms with Crippen LogP contribution in [0.5, 0.6) is 5.88 Å². The van der Waals surface area contributed by atoms with Crippen molar-refractivity contribution in [1.82, 2.24) is 4.98 Å². The average molecular weight is 172 g/mol. The van der Waals surface area contributed by atoms with E-state index >= 15 is 0 Å². The van der Waals surface area contributed by atoms with E-state index in [-0.39, 0.29) is 0 Å². The van der Waals surface area contributed by atoms with Crippen molar-refractivity contribution in [3.05, 3.63) is 23.9 Å². The molecule has 0 radical (unpaired) electrons. The van der Waals surface area contributed by atoms with Crippen molar-refractivity contribution < 1.29 is 4.74 Å². The van der Waals surface area contributed by atoms with Crippen LogP contribution in [-0.2, 0) is 6.42 Å². The largest absolute Gasteiger partial charge is 0.481 e. The first-order chi connectivity index (χ1) is 5.36. The third-order valence-electron chi connectivity index (χ3n) is 1.34. The molecule has 0 saturated carbocycles. The van der Waals surface area contributed by atoms with Crippen molar-refractivity contribution in [1.29, 1.82) is 0 Å². The average Bonchev–Trinajstić information content (AvgIpc) is 2.06. The Kier molecular flexibility index (Phi) is 3.17. The number of aromatic nitrogens is 1. The summed E-state index contributed by atoms with van der Waals surface area (Å²) in [5.41, 5.74) is 0.972. The number of methoxy groups -OCH3 is 1. The Morgan fingerprint density at radius 3 is 3.00 bits per heavy atom. The number of alkyl halides is 1. The van der Waals surface area contributed by atoms with Gasteiger partial charge in [0.25, 0.3) is 0 Å². The van der Waals surface area contributed by atoms with Crippen LogP contribution in [0.15, 0.2) is 18.2 Å². The van der Waals surface area contributed by atoms with Gasteiger partial charge in [0.1, 0.15) is 0 Å². The van der Waals surface area contributed by atoms with Crippen LogP contribution in [0.4, 0.5) is 0 Å². The lowest BCUT2D eigenvalue weighted by molar-refractivity contribution is 0.396. The van der Waals surface area contributed by atoms with Gasteiger partial charge in [0.05, 0.1) is 7.11 Å². The molecule has 0 atom stereocenters. The van der Waals surface area contributed by atoms with Crippen molar-refractivity contribution in [2.24, 2.45) is 0 Å². The van der Waals surface area contributed by atoms with Crippen LogP contribution >= 0.6 is 11.6 Å². The van der Waals surface area contributed by atoms with Crippen LogP contribution in [0.2, 0.25) is 0 Å². The third kappa shape index (κ3) is 2.39. The quantitative estimate of drug-likeness (QED) is 0.648. The summed E-state index contributed by atoms with van der Waals surface area (Å²) in [6.45, 7) is 0. The minimum absolute atomic E-state index is 0.597. The number of rotatable bonds is 3. The number of aryl methyl sites for hydroxylation is 1. The van der Waals surface area contributed by atoms with Gasteiger partial charge in [0, 0.05) is 24.1 Å². The summed E-state index contributed by atoms with van der Waals surface area (Å²) < 4.78 is 4.95. The van der Waals surface area contributed by atoms with Gasteiger partial charge in [-0.05, 0) is 6.07 Å². The first kappa shape index (κ1) is 8.34. The highest BCUT2D eigenvalue weighted by molar-refractivity contribution is 6.17. The van der Waals surface area contributed by atoms with Gasteiger partial charge in [-0.2, -0.15) is 0 Å². The van der Waals surface area contributed by atoms with Crippen molar-refractivity contribution in [3.8, 4) is 5.88 Å². The van der Waals surface area contributed by atoms with E-state index in [2.05, 4.69) is 4.98 Å². The molecule has 1 rings (SSSR count). The monoisotopic (exact) mass is 171 g/mol. The highest BCUT2D eigenvalue weighted by atomic mass is 35.5. The molecule has 0 unspecified atom stereocenters. The topological polar surface area (TPSA) is 22.1 Å². The zero-order valence-corrected chi connectivity index (χ0v) is 7.14. The highest BCUT2D eigenvalue weighted by Gasteiger charge is 1.94. The first-order valence-corrected chi connectivity index (χ1v) is 3.96. The van der Waals surface area contributed by atoms with Gasteiger partial charge in [-0.3, -0.25) is 0 Å². The number of hydrogen-bond donors (Lipinski definition) is 0. The molecule has 11 heavy (non-hydrogen) atoms. The van der Waals surface area contributed by atoms with Crippen LogP contribution in [0.25, 0.3) is 0 Å². The Balaban J connectivity index is 2.74. The number of nitrogens with zero attached hydrogens (tertiary/aromatic N) is 1. The summed E-state index contributed by atoms with van der Waals surface area (Å²) in [4.78, 5) is 4.17. The maximum absolute atomic E-state index is 5.55. The number of hydrogen-bond acceptors (Lipinski definition) is 2. The second-order valence-electron chi connectivity index (χ2n) is 2.11. The van der Waals surface area contributed by atoms with Gasteiger partial charge in [-0.25, -0.2) is 4.98 Å². The minimum atomic E-state index is 0.597. The number of pyridine rings is 1. The van der Waals surface area contributed by atoms with E-state index in [9.17, 15) is 0 Å². The van der Waals surface area contributed by atoms with Crippen molar-refractivity contribution >= 4 is 11.6 Å². The number of halogens is 1. The van der Waals surface area contributed by atoms with Crippen molar-refractivity contribution in [2.75, 3.05) is 13.0 Å². The van der Waals surface area contributed by atoms with Crippen LogP contribution in [-0.4, -0.2) is 18.0 Å². The Morgan fingerprint density at radius 2 is 2.36 bits per heavy atom. The molecule has 0 aliphatic carbocycles.